The van der Waals surface area contributed by atoms with Gasteiger partial charge in [0, 0.05) is 16.9 Å². The Balaban J connectivity index is 1.50. The van der Waals surface area contributed by atoms with Crippen LogP contribution in [0.1, 0.15) is 15.9 Å². The lowest BCUT2D eigenvalue weighted by Gasteiger charge is -2.10. The molecule has 0 radical (unpaired) electrons. The molecular weight excluding hydrogens is 404 g/mol. The van der Waals surface area contributed by atoms with Gasteiger partial charge in [-0.15, -0.1) is 0 Å². The number of anilines is 2. The number of sulfonamides is 1. The molecule has 4 rings (SSSR count). The summed E-state index contributed by atoms with van der Waals surface area (Å²) < 4.78 is 27.8. The lowest BCUT2D eigenvalue weighted by molar-refractivity contribution is 0.102. The van der Waals surface area contributed by atoms with Crippen LogP contribution in [0, 0.1) is 6.92 Å². The lowest BCUT2D eigenvalue weighted by atomic mass is 10.2. The highest BCUT2D eigenvalue weighted by molar-refractivity contribution is 7.92. The third-order valence-electron chi connectivity index (χ3n) is 4.47. The van der Waals surface area contributed by atoms with E-state index in [0.717, 1.165) is 5.56 Å². The molecule has 0 unspecified atom stereocenters. The molecule has 1 heterocycles. The predicted molar refractivity (Wildman–Crippen MR) is 115 cm³/mol. The average molecular weight is 422 g/mol. The number of carbonyl (C=O) groups excluding carboxylic acids is 1. The number of hydrogen-bond donors (Lipinski definition) is 4. The summed E-state index contributed by atoms with van der Waals surface area (Å²) >= 11 is 0. The molecule has 0 fully saturated rings. The van der Waals surface area contributed by atoms with E-state index in [-0.39, 0.29) is 10.8 Å². The minimum absolute atomic E-state index is 0.00603. The maximum atomic E-state index is 12.7. The van der Waals surface area contributed by atoms with Crippen LogP contribution in [0.3, 0.4) is 0 Å². The first kappa shape index (κ1) is 19.5. The number of benzene rings is 3. The summed E-state index contributed by atoms with van der Waals surface area (Å²) in [6, 6.07) is 17.8. The highest BCUT2D eigenvalue weighted by Gasteiger charge is 2.16. The molecule has 0 bridgehead atoms. The number of nitrogens with one attached hydrogen (secondary N) is 4. The highest BCUT2D eigenvalue weighted by atomic mass is 32.2. The van der Waals surface area contributed by atoms with Crippen molar-refractivity contribution in [2.45, 2.75) is 11.8 Å². The Morgan fingerprint density at radius 1 is 0.867 bits per heavy atom. The fraction of sp³-hybridized carbons (Fsp3) is 0.0476. The van der Waals surface area contributed by atoms with E-state index < -0.39 is 15.7 Å². The van der Waals surface area contributed by atoms with Crippen molar-refractivity contribution < 1.29 is 13.2 Å². The fourth-order valence-electron chi connectivity index (χ4n) is 3.01. The third-order valence-corrected chi connectivity index (χ3v) is 5.85. The molecule has 8 nitrogen and oxygen atoms in total. The standard InChI is InChI=1S/C21H18N4O4S/c1-13-3-2-4-16(11-13)22-20(26)14-5-7-15(8-6-14)25-30(28,29)17-9-10-18-19(12-17)24-21(27)23-18/h2-12,25H,1H3,(H,22,26)(H2,23,24,27). The van der Waals surface area contributed by atoms with Gasteiger partial charge in [0.15, 0.2) is 0 Å². The Hall–Kier alpha value is -3.85. The molecule has 1 aromatic heterocycles. The average Bonchev–Trinajstić information content (AvgIpc) is 3.07. The number of amides is 1. The van der Waals surface area contributed by atoms with Crippen LogP contribution >= 0.6 is 0 Å². The van der Waals surface area contributed by atoms with Crippen LogP contribution in [-0.2, 0) is 10.0 Å². The number of aromatic amines is 2. The predicted octanol–water partition coefficient (Wildman–Crippen LogP) is 3.22. The van der Waals surface area contributed by atoms with E-state index in [2.05, 4.69) is 20.0 Å². The maximum Gasteiger partial charge on any atom is 0.323 e. The number of aryl methyl sites for hydroxylation is 1. The van der Waals surface area contributed by atoms with E-state index in [1.807, 2.05) is 25.1 Å². The quantitative estimate of drug-likeness (QED) is 0.394. The number of H-pyrrole nitrogens is 2. The molecule has 4 N–H and O–H groups in total. The molecule has 0 aliphatic rings. The summed E-state index contributed by atoms with van der Waals surface area (Å²) in [5, 5.41) is 2.80. The number of rotatable bonds is 5. The van der Waals surface area contributed by atoms with Gasteiger partial charge >= 0.3 is 5.69 Å². The van der Waals surface area contributed by atoms with Gasteiger partial charge in [0.05, 0.1) is 15.9 Å². The van der Waals surface area contributed by atoms with Crippen molar-refractivity contribution in [1.29, 1.82) is 0 Å². The number of imidazole rings is 1. The Labute approximate surface area is 172 Å². The van der Waals surface area contributed by atoms with E-state index in [0.29, 0.717) is 28.0 Å². The zero-order valence-electron chi connectivity index (χ0n) is 15.9. The summed E-state index contributed by atoms with van der Waals surface area (Å²) in [6.45, 7) is 1.93. The highest BCUT2D eigenvalue weighted by Crippen LogP contribution is 2.20. The van der Waals surface area contributed by atoms with Gasteiger partial charge in [-0.05, 0) is 67.1 Å². The van der Waals surface area contributed by atoms with Crippen LogP contribution in [-0.4, -0.2) is 24.3 Å². The van der Waals surface area contributed by atoms with Gasteiger partial charge in [-0.3, -0.25) is 9.52 Å². The first-order valence-electron chi connectivity index (χ1n) is 9.03. The number of aromatic nitrogens is 2. The maximum absolute atomic E-state index is 12.7. The van der Waals surface area contributed by atoms with Gasteiger partial charge in [0.1, 0.15) is 0 Å². The van der Waals surface area contributed by atoms with Crippen molar-refractivity contribution in [3.63, 3.8) is 0 Å². The first-order valence-corrected chi connectivity index (χ1v) is 10.5. The number of fused-ring (bicyclic) bond motifs is 1. The molecular formula is C21H18N4O4S. The molecule has 0 aliphatic carbocycles. The molecule has 152 valence electrons. The summed E-state index contributed by atoms with van der Waals surface area (Å²) in [6.07, 6.45) is 0. The Morgan fingerprint density at radius 2 is 1.60 bits per heavy atom. The molecule has 9 heteroatoms. The zero-order chi connectivity index (χ0) is 21.3. The summed E-state index contributed by atoms with van der Waals surface area (Å²) in [5.74, 6) is -0.295. The topological polar surface area (TPSA) is 124 Å². The van der Waals surface area contributed by atoms with Crippen LogP contribution in [0.5, 0.6) is 0 Å². The Bertz CT molecular complexity index is 1400. The van der Waals surface area contributed by atoms with E-state index in [4.69, 9.17) is 0 Å². The van der Waals surface area contributed by atoms with Crippen molar-refractivity contribution >= 4 is 38.3 Å². The lowest BCUT2D eigenvalue weighted by Crippen LogP contribution is -2.14. The second-order valence-corrected chi connectivity index (χ2v) is 8.48. The second-order valence-electron chi connectivity index (χ2n) is 6.79. The van der Waals surface area contributed by atoms with Crippen LogP contribution < -0.4 is 15.7 Å². The van der Waals surface area contributed by atoms with E-state index in [1.54, 1.807) is 6.07 Å². The molecule has 0 saturated carbocycles. The smallest absolute Gasteiger partial charge is 0.322 e. The minimum Gasteiger partial charge on any atom is -0.322 e. The van der Waals surface area contributed by atoms with Crippen LogP contribution in [0.25, 0.3) is 11.0 Å². The van der Waals surface area contributed by atoms with Crippen molar-refractivity contribution in [2.24, 2.45) is 0 Å². The van der Waals surface area contributed by atoms with Gasteiger partial charge in [-0.25, -0.2) is 13.2 Å². The largest absolute Gasteiger partial charge is 0.323 e. The molecule has 0 atom stereocenters. The molecule has 30 heavy (non-hydrogen) atoms. The van der Waals surface area contributed by atoms with Crippen LogP contribution in [0.4, 0.5) is 11.4 Å². The van der Waals surface area contributed by atoms with Gasteiger partial charge in [-0.1, -0.05) is 12.1 Å². The monoisotopic (exact) mass is 422 g/mol. The molecule has 0 aliphatic heterocycles. The van der Waals surface area contributed by atoms with Crippen molar-refractivity contribution in [3.05, 3.63) is 88.3 Å². The second kappa shape index (κ2) is 7.53. The minimum atomic E-state index is -3.87. The van der Waals surface area contributed by atoms with Gasteiger partial charge < -0.3 is 15.3 Å². The number of carbonyl (C=O) groups is 1. The summed E-state index contributed by atoms with van der Waals surface area (Å²) in [5.41, 5.74) is 2.92. The van der Waals surface area contributed by atoms with Crippen molar-refractivity contribution in [2.75, 3.05) is 10.0 Å². The van der Waals surface area contributed by atoms with E-state index in [9.17, 15) is 18.0 Å². The van der Waals surface area contributed by atoms with Gasteiger partial charge in [0.2, 0.25) is 0 Å². The Morgan fingerprint density at radius 3 is 2.33 bits per heavy atom. The van der Waals surface area contributed by atoms with Crippen LogP contribution in [0.15, 0.2) is 76.4 Å². The third kappa shape index (κ3) is 4.11. The molecule has 0 spiro atoms. The first-order chi connectivity index (χ1) is 14.3. The molecule has 0 saturated heterocycles. The molecule has 3 aromatic carbocycles. The number of hydrogen-bond acceptors (Lipinski definition) is 4. The van der Waals surface area contributed by atoms with Crippen LogP contribution in [0.2, 0.25) is 0 Å². The zero-order valence-corrected chi connectivity index (χ0v) is 16.7. The van der Waals surface area contributed by atoms with Gasteiger partial charge in [-0.2, -0.15) is 0 Å². The molecule has 4 aromatic rings. The summed E-state index contributed by atoms with van der Waals surface area (Å²) in [7, 11) is -3.87. The van der Waals surface area contributed by atoms with E-state index >= 15 is 0 Å². The summed E-state index contributed by atoms with van der Waals surface area (Å²) in [4.78, 5) is 28.8. The van der Waals surface area contributed by atoms with E-state index in [1.165, 1.54) is 42.5 Å². The normalized spacial score (nSPS) is 11.4. The SMILES string of the molecule is Cc1cccc(NC(=O)c2ccc(NS(=O)(=O)c3ccc4[nH]c(=O)[nH]c4c3)cc2)c1. The fourth-order valence-corrected chi connectivity index (χ4v) is 4.09. The molecule has 1 amide bonds. The van der Waals surface area contributed by atoms with Crippen molar-refractivity contribution in [1.82, 2.24) is 9.97 Å². The Kier molecular flexibility index (Phi) is 4.88. The van der Waals surface area contributed by atoms with Gasteiger partial charge in [0.25, 0.3) is 15.9 Å². The van der Waals surface area contributed by atoms with Crippen molar-refractivity contribution in [3.8, 4) is 0 Å².